The van der Waals surface area contributed by atoms with Gasteiger partial charge in [0.15, 0.2) is 0 Å². The highest BCUT2D eigenvalue weighted by molar-refractivity contribution is 6.28. The molecule has 3 rings (SSSR count). The van der Waals surface area contributed by atoms with Crippen LogP contribution in [0, 0.1) is 0 Å². The number of quaternary nitrogens is 2. The molecule has 0 aromatic heterocycles. The number of carbonyl (C=O) groups excluding carboxylic acids is 2. The molecule has 276 valence electrons. The smallest absolute Gasteiger partial charge is 0.305 e. The van der Waals surface area contributed by atoms with Gasteiger partial charge in [0.25, 0.3) is 0 Å². The van der Waals surface area contributed by atoms with E-state index < -0.39 is 7.32 Å². The summed E-state index contributed by atoms with van der Waals surface area (Å²) < 4.78 is 16.4. The van der Waals surface area contributed by atoms with E-state index in [1.807, 2.05) is 68.4 Å². The fraction of sp³-hybridized carbons (Fsp3) is 0.500. The lowest BCUT2D eigenvalue weighted by atomic mass is 9.67. The first-order chi connectivity index (χ1) is 23.6. The van der Waals surface area contributed by atoms with Crippen LogP contribution in [0.4, 0.5) is 0 Å². The van der Waals surface area contributed by atoms with Crippen molar-refractivity contribution in [2.45, 2.75) is 57.8 Å². The van der Waals surface area contributed by atoms with Gasteiger partial charge in [-0.2, -0.15) is 0 Å². The number of esters is 2. The number of likely N-dealkylation sites (N-methyl/N-ethyl adjacent to an activating group) is 2. The third kappa shape index (κ3) is 19.0. The highest BCUT2D eigenvalue weighted by atomic mass is 16.6. The second-order valence-corrected chi connectivity index (χ2v) is 14.2. The van der Waals surface area contributed by atoms with Crippen LogP contribution >= 0.6 is 0 Å². The van der Waals surface area contributed by atoms with Crippen molar-refractivity contribution >= 4 is 19.3 Å². The van der Waals surface area contributed by atoms with Gasteiger partial charge in [0.1, 0.15) is 26.3 Å². The Labute approximate surface area is 302 Å². The highest BCUT2D eigenvalue weighted by Crippen LogP contribution is 2.42. The minimum Gasteiger partial charge on any atom is -0.871 e. The lowest BCUT2D eigenvalue weighted by Gasteiger charge is -2.37. The van der Waals surface area contributed by atoms with E-state index in [1.165, 1.54) is 16.7 Å². The maximum Gasteiger partial charge on any atom is 0.305 e. The van der Waals surface area contributed by atoms with Gasteiger partial charge in [0.05, 0.1) is 49.6 Å². The molecule has 0 heterocycles. The van der Waals surface area contributed by atoms with Gasteiger partial charge in [0.2, 0.25) is 0 Å². The summed E-state index contributed by atoms with van der Waals surface area (Å²) in [4.78, 5) is 21.8. The monoisotopic (exact) mass is 692 g/mol. The molecule has 0 aliphatic heterocycles. The van der Waals surface area contributed by atoms with Crippen LogP contribution in [0.5, 0.6) is 0 Å². The normalized spacial score (nSPS) is 11.3. The summed E-state index contributed by atoms with van der Waals surface area (Å²) in [6.07, 6.45) is 4.15. The van der Waals surface area contributed by atoms with Gasteiger partial charge in [-0.3, -0.25) is 9.59 Å². The molecule has 0 amide bonds. The molecule has 0 aliphatic rings. The quantitative estimate of drug-likeness (QED) is 0.0631. The zero-order chi connectivity index (χ0) is 37.5. The molecule has 0 atom stereocenters. The van der Waals surface area contributed by atoms with E-state index in [9.17, 15) is 19.6 Å². The van der Waals surface area contributed by atoms with Crippen molar-refractivity contribution < 1.29 is 42.7 Å². The first-order valence-electron chi connectivity index (χ1n) is 17.7. The molecule has 0 spiro atoms. The van der Waals surface area contributed by atoms with Crippen LogP contribution in [-0.4, -0.2) is 103 Å². The van der Waals surface area contributed by atoms with E-state index in [0.717, 1.165) is 41.3 Å². The molecule has 0 saturated heterocycles. The number of rotatable bonds is 18. The molecular formula is C40H61BN2O7. The molecule has 0 bridgehead atoms. The van der Waals surface area contributed by atoms with Crippen molar-refractivity contribution in [3.8, 4) is 0 Å². The standard InChI is InChI=1S/C22H21BO3.2C9H20NO2/c24-23(25)26-18-10-17-22(19-11-4-1-5-12-19,20-13-6-2-7-14-20)21-15-8-3-9-16-21;2*1-5-6-9(11)12-8-7-10(2,3)4/h1-9,11-16H,10,17-18H2;2*5-8H2,1-4H3/q-2;2*+1. The molecule has 0 fully saturated rings. The predicted molar refractivity (Wildman–Crippen MR) is 198 cm³/mol. The van der Waals surface area contributed by atoms with E-state index in [-0.39, 0.29) is 24.0 Å². The minimum absolute atomic E-state index is 0.0778. The Kier molecular flexibility index (Phi) is 21.2. The summed E-state index contributed by atoms with van der Waals surface area (Å²) in [5.41, 5.74) is 3.17. The number of ether oxygens (including phenoxy) is 2. The number of nitrogens with zero attached hydrogens (tertiary/aromatic N) is 2. The summed E-state index contributed by atoms with van der Waals surface area (Å²) in [5.74, 6) is -0.156. The van der Waals surface area contributed by atoms with Gasteiger partial charge < -0.3 is 33.1 Å². The van der Waals surface area contributed by atoms with Crippen LogP contribution in [0.2, 0.25) is 0 Å². The van der Waals surface area contributed by atoms with E-state index >= 15 is 0 Å². The van der Waals surface area contributed by atoms with Crippen LogP contribution in [0.15, 0.2) is 91.0 Å². The van der Waals surface area contributed by atoms with Crippen LogP contribution in [0.3, 0.4) is 0 Å². The molecule has 0 unspecified atom stereocenters. The fourth-order valence-electron chi connectivity index (χ4n) is 5.04. The maximum absolute atomic E-state index is 10.9. The fourth-order valence-corrected chi connectivity index (χ4v) is 5.04. The Morgan fingerprint density at radius 3 is 1.22 bits per heavy atom. The van der Waals surface area contributed by atoms with Gasteiger partial charge in [-0.15, -0.1) is 0 Å². The zero-order valence-corrected chi connectivity index (χ0v) is 31.8. The Hall–Kier alpha value is -3.54. The second-order valence-electron chi connectivity index (χ2n) is 14.2. The number of hydrogen-bond donors (Lipinski definition) is 0. The largest absolute Gasteiger partial charge is 0.871 e. The molecule has 3 aromatic rings. The molecule has 3 aromatic carbocycles. The first kappa shape index (κ1) is 44.5. The molecule has 9 nitrogen and oxygen atoms in total. The van der Waals surface area contributed by atoms with Gasteiger partial charge >= 0.3 is 11.9 Å². The van der Waals surface area contributed by atoms with Gasteiger partial charge in [-0.1, -0.05) is 105 Å². The number of hydrogen-bond acceptors (Lipinski definition) is 7. The lowest BCUT2D eigenvalue weighted by Crippen LogP contribution is -2.48. The van der Waals surface area contributed by atoms with Gasteiger partial charge in [-0.25, -0.2) is 0 Å². The highest BCUT2D eigenvalue weighted by Gasteiger charge is 2.35. The van der Waals surface area contributed by atoms with Crippen LogP contribution in [-0.2, 0) is 29.1 Å². The van der Waals surface area contributed by atoms with E-state index in [0.29, 0.717) is 32.5 Å². The van der Waals surface area contributed by atoms with Crippen molar-refractivity contribution in [2.75, 3.05) is 75.2 Å². The predicted octanol–water partition coefficient (Wildman–Crippen LogP) is 4.60. The van der Waals surface area contributed by atoms with Crippen molar-refractivity contribution in [3.63, 3.8) is 0 Å². The maximum atomic E-state index is 10.9. The molecule has 0 radical (unpaired) electrons. The minimum atomic E-state index is -2.23. The third-order valence-electron chi connectivity index (χ3n) is 7.71. The first-order valence-corrected chi connectivity index (χ1v) is 17.7. The Morgan fingerprint density at radius 1 is 0.600 bits per heavy atom. The number of carbonyl (C=O) groups is 2. The molecule has 50 heavy (non-hydrogen) atoms. The summed E-state index contributed by atoms with van der Waals surface area (Å²) in [6.45, 7) is 6.91. The molecule has 0 N–H and O–H groups in total. The Morgan fingerprint density at radius 2 is 0.940 bits per heavy atom. The zero-order valence-electron chi connectivity index (χ0n) is 31.8. The van der Waals surface area contributed by atoms with Crippen molar-refractivity contribution in [1.29, 1.82) is 0 Å². The van der Waals surface area contributed by atoms with Crippen molar-refractivity contribution in [2.24, 2.45) is 0 Å². The summed E-state index contributed by atoms with van der Waals surface area (Å²) in [5, 5.41) is 21.4. The molecule has 10 heteroatoms. The van der Waals surface area contributed by atoms with Crippen LogP contribution in [0.1, 0.15) is 69.1 Å². The average molecular weight is 693 g/mol. The summed E-state index contributed by atoms with van der Waals surface area (Å²) >= 11 is 0. The second kappa shape index (κ2) is 23.8. The number of benzene rings is 3. The molecule has 0 saturated carbocycles. The SMILES string of the molecule is CCCC(=O)OCC[N+](C)(C)C.CCCC(=O)OCC[N+](C)(C)C.[O-]B([O-])OCCCC(c1ccccc1)(c1ccccc1)c1ccccc1. The average Bonchev–Trinajstić information content (AvgIpc) is 3.06. The molecular weight excluding hydrogens is 631 g/mol. The summed E-state index contributed by atoms with van der Waals surface area (Å²) in [7, 11) is 10.2. The van der Waals surface area contributed by atoms with E-state index in [2.05, 4.69) is 78.7 Å². The van der Waals surface area contributed by atoms with Crippen LogP contribution < -0.4 is 10.0 Å². The van der Waals surface area contributed by atoms with Gasteiger partial charge in [-0.05, 0) is 42.4 Å². The van der Waals surface area contributed by atoms with E-state index in [1.54, 1.807) is 0 Å². The van der Waals surface area contributed by atoms with Crippen molar-refractivity contribution in [1.82, 2.24) is 0 Å². The topological polar surface area (TPSA) is 108 Å². The Bertz CT molecular complexity index is 1180. The lowest BCUT2D eigenvalue weighted by molar-refractivity contribution is -0.870. The van der Waals surface area contributed by atoms with Crippen molar-refractivity contribution in [3.05, 3.63) is 108 Å². The third-order valence-corrected chi connectivity index (χ3v) is 7.71. The Balaban J connectivity index is 0.000000436. The van der Waals surface area contributed by atoms with Crippen LogP contribution in [0.25, 0.3) is 0 Å². The molecule has 0 aliphatic carbocycles. The van der Waals surface area contributed by atoms with Gasteiger partial charge in [0, 0.05) is 24.9 Å². The summed E-state index contributed by atoms with van der Waals surface area (Å²) in [6, 6.07) is 31.0. The van der Waals surface area contributed by atoms with E-state index in [4.69, 9.17) is 14.1 Å².